The lowest BCUT2D eigenvalue weighted by Gasteiger charge is -2.10. The van der Waals surface area contributed by atoms with Gasteiger partial charge in [0, 0.05) is 17.0 Å². The van der Waals surface area contributed by atoms with Crippen molar-refractivity contribution in [1.82, 2.24) is 0 Å². The highest BCUT2D eigenvalue weighted by Gasteiger charge is 2.21. The lowest BCUT2D eigenvalue weighted by atomic mass is 10.2. The highest BCUT2D eigenvalue weighted by molar-refractivity contribution is 9.11. The number of thiophene rings is 1. The molecule has 0 bridgehead atoms. The first-order chi connectivity index (χ1) is 9.70. The van der Waals surface area contributed by atoms with E-state index in [0.717, 1.165) is 3.79 Å². The molecule has 1 aromatic carbocycles. The largest absolute Gasteiger partial charge is 0.279 e. The van der Waals surface area contributed by atoms with Gasteiger partial charge >= 0.3 is 0 Å². The maximum atomic E-state index is 12.3. The number of rotatable bonds is 4. The zero-order chi connectivity index (χ0) is 15.8. The molecule has 9 heteroatoms. The second-order valence-corrected chi connectivity index (χ2v) is 8.62. The summed E-state index contributed by atoms with van der Waals surface area (Å²) in [6.45, 7) is 3.33. The van der Waals surface area contributed by atoms with Crippen LogP contribution in [0.1, 0.15) is 10.4 Å². The van der Waals surface area contributed by atoms with Gasteiger partial charge in [0.25, 0.3) is 15.7 Å². The molecule has 112 valence electrons. The zero-order valence-corrected chi connectivity index (χ0v) is 14.3. The van der Waals surface area contributed by atoms with Crippen molar-refractivity contribution in [1.29, 1.82) is 0 Å². The number of aryl methyl sites for hydroxylation is 2. The predicted molar refractivity (Wildman–Crippen MR) is 85.4 cm³/mol. The van der Waals surface area contributed by atoms with E-state index in [1.807, 2.05) is 0 Å². The Bertz CT molecular complexity index is 815. The number of non-ortho nitro benzene ring substituents is 1. The summed E-state index contributed by atoms with van der Waals surface area (Å²) in [6, 6.07) is 5.51. The Morgan fingerprint density at radius 2 is 1.95 bits per heavy atom. The molecule has 21 heavy (non-hydrogen) atoms. The minimum atomic E-state index is -3.72. The second-order valence-electron chi connectivity index (χ2n) is 4.33. The summed E-state index contributed by atoms with van der Waals surface area (Å²) in [5.74, 6) is 0. The van der Waals surface area contributed by atoms with Crippen molar-refractivity contribution < 1.29 is 13.3 Å². The van der Waals surface area contributed by atoms with Crippen LogP contribution in [0.25, 0.3) is 0 Å². The topological polar surface area (TPSA) is 89.3 Å². The molecule has 2 rings (SSSR count). The van der Waals surface area contributed by atoms with Crippen LogP contribution in [0.2, 0.25) is 0 Å². The number of nitrogens with one attached hydrogen (secondary N) is 1. The summed E-state index contributed by atoms with van der Waals surface area (Å²) in [7, 11) is -3.72. The first-order valence-electron chi connectivity index (χ1n) is 5.74. The first-order valence-corrected chi connectivity index (χ1v) is 8.84. The molecule has 0 unspecified atom stereocenters. The van der Waals surface area contributed by atoms with Gasteiger partial charge in [0.2, 0.25) is 0 Å². The molecule has 6 nitrogen and oxygen atoms in total. The van der Waals surface area contributed by atoms with Gasteiger partial charge in [-0.2, -0.15) is 0 Å². The van der Waals surface area contributed by atoms with Crippen LogP contribution in [0.5, 0.6) is 0 Å². The summed E-state index contributed by atoms with van der Waals surface area (Å²) in [5.41, 5.74) is 0.729. The fourth-order valence-corrected chi connectivity index (χ4v) is 5.32. The summed E-state index contributed by atoms with van der Waals surface area (Å²) < 4.78 is 27.9. The summed E-state index contributed by atoms with van der Waals surface area (Å²) >= 11 is 4.58. The molecular formula is C12H11BrN2O4S2. The van der Waals surface area contributed by atoms with Crippen molar-refractivity contribution in [2.75, 3.05) is 4.72 Å². The number of hydrogen-bond acceptors (Lipinski definition) is 5. The van der Waals surface area contributed by atoms with E-state index < -0.39 is 14.9 Å². The smallest absolute Gasteiger partial charge is 0.269 e. The van der Waals surface area contributed by atoms with Gasteiger partial charge in [-0.05, 0) is 47.5 Å². The summed E-state index contributed by atoms with van der Waals surface area (Å²) in [6.07, 6.45) is 0. The fraction of sp³-hybridized carbons (Fsp3) is 0.167. The van der Waals surface area contributed by atoms with Gasteiger partial charge in [0.05, 0.1) is 14.4 Å². The maximum Gasteiger partial charge on any atom is 0.269 e. The molecule has 0 aliphatic rings. The second kappa shape index (κ2) is 5.74. The van der Waals surface area contributed by atoms with Crippen LogP contribution < -0.4 is 4.72 Å². The minimum absolute atomic E-state index is 0.0788. The van der Waals surface area contributed by atoms with Crippen molar-refractivity contribution in [3.63, 3.8) is 0 Å². The van der Waals surface area contributed by atoms with Gasteiger partial charge < -0.3 is 0 Å². The molecule has 0 spiro atoms. The van der Waals surface area contributed by atoms with E-state index in [9.17, 15) is 18.5 Å². The Morgan fingerprint density at radius 3 is 2.43 bits per heavy atom. The molecule has 1 N–H and O–H groups in total. The number of hydrogen-bond donors (Lipinski definition) is 1. The van der Waals surface area contributed by atoms with Gasteiger partial charge in [-0.3, -0.25) is 14.8 Å². The first kappa shape index (κ1) is 15.9. The molecule has 0 atom stereocenters. The molecule has 1 heterocycles. The van der Waals surface area contributed by atoms with Crippen molar-refractivity contribution in [2.45, 2.75) is 18.7 Å². The summed E-state index contributed by atoms with van der Waals surface area (Å²) in [4.78, 5) is 11.0. The van der Waals surface area contributed by atoms with E-state index in [-0.39, 0.29) is 10.6 Å². The van der Waals surface area contributed by atoms with Gasteiger partial charge in [-0.15, -0.1) is 11.3 Å². The molecule has 0 aliphatic heterocycles. The molecule has 2 aromatic rings. The van der Waals surface area contributed by atoms with Crippen LogP contribution in [-0.4, -0.2) is 13.3 Å². The Morgan fingerprint density at radius 1 is 1.29 bits per heavy atom. The average Bonchev–Trinajstić information content (AvgIpc) is 2.71. The van der Waals surface area contributed by atoms with E-state index in [1.54, 1.807) is 13.8 Å². The third kappa shape index (κ3) is 3.42. The number of nitro groups is 1. The zero-order valence-electron chi connectivity index (χ0n) is 11.1. The number of nitrogens with zero attached hydrogens (tertiary/aromatic N) is 1. The van der Waals surface area contributed by atoms with Gasteiger partial charge in [-0.1, -0.05) is 0 Å². The van der Waals surface area contributed by atoms with Crippen LogP contribution in [0.4, 0.5) is 11.4 Å². The lowest BCUT2D eigenvalue weighted by molar-refractivity contribution is -0.384. The third-order valence-corrected chi connectivity index (χ3v) is 5.97. The number of anilines is 1. The molecule has 0 fully saturated rings. The van der Waals surface area contributed by atoms with E-state index in [2.05, 4.69) is 20.7 Å². The SMILES string of the molecule is Cc1cc([N+](=O)[O-])ccc1NS(=O)(=O)c1cc(Br)sc1C. The van der Waals surface area contributed by atoms with E-state index >= 15 is 0 Å². The Balaban J connectivity index is 2.37. The third-order valence-electron chi connectivity index (χ3n) is 2.80. The van der Waals surface area contributed by atoms with Crippen LogP contribution in [0.15, 0.2) is 32.9 Å². The van der Waals surface area contributed by atoms with Crippen molar-refractivity contribution in [3.05, 3.63) is 48.6 Å². The predicted octanol–water partition coefficient (Wildman–Crippen LogP) is 3.84. The number of benzene rings is 1. The van der Waals surface area contributed by atoms with Crippen molar-refractivity contribution in [3.8, 4) is 0 Å². The molecule has 0 saturated carbocycles. The molecular weight excluding hydrogens is 380 g/mol. The Hall–Kier alpha value is -1.45. The highest BCUT2D eigenvalue weighted by Crippen LogP contribution is 2.31. The van der Waals surface area contributed by atoms with Gasteiger partial charge in [0.15, 0.2) is 0 Å². The molecule has 0 aliphatic carbocycles. The van der Waals surface area contributed by atoms with E-state index in [0.29, 0.717) is 16.1 Å². The number of nitro benzene ring substituents is 1. The molecule has 0 amide bonds. The normalized spacial score (nSPS) is 11.4. The van der Waals surface area contributed by atoms with Crippen molar-refractivity contribution >= 4 is 48.7 Å². The van der Waals surface area contributed by atoms with Crippen LogP contribution in [0, 0.1) is 24.0 Å². The van der Waals surface area contributed by atoms with Crippen LogP contribution in [0.3, 0.4) is 0 Å². The van der Waals surface area contributed by atoms with E-state index in [4.69, 9.17) is 0 Å². The Kier molecular flexibility index (Phi) is 4.35. The summed E-state index contributed by atoms with van der Waals surface area (Å²) in [5, 5.41) is 10.7. The Labute approximate surface area is 134 Å². The lowest BCUT2D eigenvalue weighted by Crippen LogP contribution is -2.14. The number of sulfonamides is 1. The van der Waals surface area contributed by atoms with Crippen LogP contribution in [-0.2, 0) is 10.0 Å². The standard InChI is InChI=1S/C12H11BrN2O4S2/c1-7-5-9(15(16)17)3-4-10(7)14-21(18,19)11-6-12(13)20-8(11)2/h3-6,14H,1-2H3. The fourth-order valence-electron chi connectivity index (χ4n) is 1.77. The monoisotopic (exact) mass is 390 g/mol. The minimum Gasteiger partial charge on any atom is -0.279 e. The quantitative estimate of drug-likeness (QED) is 0.634. The van der Waals surface area contributed by atoms with Crippen molar-refractivity contribution in [2.24, 2.45) is 0 Å². The average molecular weight is 391 g/mol. The molecule has 0 saturated heterocycles. The van der Waals surface area contributed by atoms with Gasteiger partial charge in [-0.25, -0.2) is 8.42 Å². The maximum absolute atomic E-state index is 12.3. The van der Waals surface area contributed by atoms with Crippen LogP contribution >= 0.6 is 27.3 Å². The highest BCUT2D eigenvalue weighted by atomic mass is 79.9. The van der Waals surface area contributed by atoms with E-state index in [1.165, 1.54) is 35.6 Å². The molecule has 0 radical (unpaired) electrons. The molecule has 1 aromatic heterocycles. The van der Waals surface area contributed by atoms with Gasteiger partial charge in [0.1, 0.15) is 4.90 Å². The number of halogens is 1.